The molecule has 1 atom stereocenters. The highest BCUT2D eigenvalue weighted by molar-refractivity contribution is 7.19. The van der Waals surface area contributed by atoms with Crippen LogP contribution in [0.4, 0.5) is 0 Å². The number of aliphatic carboxylic acids is 1. The minimum Gasteiger partial charge on any atom is -0.481 e. The Morgan fingerprint density at radius 1 is 1.27 bits per heavy atom. The van der Waals surface area contributed by atoms with Gasteiger partial charge in [-0.25, -0.2) is 9.97 Å². The summed E-state index contributed by atoms with van der Waals surface area (Å²) in [6.45, 7) is 0. The molecule has 0 bridgehead atoms. The fraction of sp³-hybridized carbons (Fsp3) is 0.632. The van der Waals surface area contributed by atoms with Crippen LogP contribution in [-0.4, -0.2) is 52.2 Å². The number of rotatable bonds is 5. The lowest BCUT2D eigenvalue weighted by molar-refractivity contribution is -0.137. The minimum atomic E-state index is -0.747. The van der Waals surface area contributed by atoms with E-state index in [-0.39, 0.29) is 18.4 Å². The van der Waals surface area contributed by atoms with Crippen molar-refractivity contribution in [3.8, 4) is 5.88 Å². The maximum atomic E-state index is 11.2. The number of fused-ring (bicyclic) bond motifs is 3. The minimum absolute atomic E-state index is 0.0501. The molecular weight excluding hydrogens is 350 g/mol. The van der Waals surface area contributed by atoms with Crippen LogP contribution in [-0.2, 0) is 11.2 Å². The Balaban J connectivity index is 1.59. The zero-order valence-electron chi connectivity index (χ0n) is 15.3. The molecule has 140 valence electrons. The monoisotopic (exact) mass is 375 g/mol. The van der Waals surface area contributed by atoms with E-state index in [2.05, 4.69) is 29.0 Å². The van der Waals surface area contributed by atoms with Crippen molar-refractivity contribution >= 4 is 27.5 Å². The van der Waals surface area contributed by atoms with Crippen LogP contribution in [0.3, 0.4) is 0 Å². The third-order valence-corrected chi connectivity index (χ3v) is 6.94. The van der Waals surface area contributed by atoms with E-state index in [0.717, 1.165) is 54.3 Å². The quantitative estimate of drug-likeness (QED) is 0.863. The topological polar surface area (TPSA) is 75.5 Å². The second kappa shape index (κ2) is 7.12. The Morgan fingerprint density at radius 3 is 2.73 bits per heavy atom. The normalized spacial score (nSPS) is 25.6. The van der Waals surface area contributed by atoms with Crippen LogP contribution in [0.25, 0.3) is 10.2 Å². The van der Waals surface area contributed by atoms with Crippen molar-refractivity contribution in [3.63, 3.8) is 0 Å². The first-order valence-electron chi connectivity index (χ1n) is 9.34. The van der Waals surface area contributed by atoms with Gasteiger partial charge in [0.25, 0.3) is 0 Å². The molecule has 1 N–H and O–H groups in total. The Morgan fingerprint density at radius 2 is 2.04 bits per heavy atom. The summed E-state index contributed by atoms with van der Waals surface area (Å²) in [5.74, 6) is -0.0457. The first-order chi connectivity index (χ1) is 12.5. The van der Waals surface area contributed by atoms with Gasteiger partial charge in [0.2, 0.25) is 5.88 Å². The van der Waals surface area contributed by atoms with Crippen molar-refractivity contribution in [2.75, 3.05) is 14.1 Å². The molecule has 0 aromatic carbocycles. The molecule has 6 nitrogen and oxygen atoms in total. The standard InChI is InChI=1S/C19H25N3O3S/c1-22(2)12-4-6-13(7-5-12)25-18-17-16-11(9-15(23)24)3-8-14(16)26-19(17)21-10-20-18/h10-13H,3-9H2,1-2H3,(H,23,24). The van der Waals surface area contributed by atoms with Crippen LogP contribution in [0, 0.1) is 0 Å². The van der Waals surface area contributed by atoms with Crippen molar-refractivity contribution in [1.29, 1.82) is 0 Å². The van der Waals surface area contributed by atoms with Gasteiger partial charge in [0, 0.05) is 10.9 Å². The predicted molar refractivity (Wildman–Crippen MR) is 101 cm³/mol. The van der Waals surface area contributed by atoms with Crippen LogP contribution >= 0.6 is 11.3 Å². The molecule has 2 aromatic rings. The van der Waals surface area contributed by atoms with E-state index in [4.69, 9.17) is 4.74 Å². The van der Waals surface area contributed by atoms with E-state index in [0.29, 0.717) is 11.9 Å². The molecule has 0 aliphatic heterocycles. The molecule has 0 radical (unpaired) electrons. The average Bonchev–Trinajstić information content (AvgIpc) is 3.15. The number of carboxylic acid groups (broad SMARTS) is 1. The van der Waals surface area contributed by atoms with E-state index in [1.54, 1.807) is 17.7 Å². The largest absolute Gasteiger partial charge is 0.481 e. The molecule has 26 heavy (non-hydrogen) atoms. The van der Waals surface area contributed by atoms with Gasteiger partial charge in [-0.05, 0) is 64.1 Å². The Bertz CT molecular complexity index is 812. The van der Waals surface area contributed by atoms with Gasteiger partial charge in [-0.15, -0.1) is 11.3 Å². The molecule has 1 fully saturated rings. The highest BCUT2D eigenvalue weighted by Crippen LogP contribution is 2.47. The summed E-state index contributed by atoms with van der Waals surface area (Å²) in [4.78, 5) is 24.6. The van der Waals surface area contributed by atoms with Crippen molar-refractivity contribution < 1.29 is 14.6 Å². The van der Waals surface area contributed by atoms with E-state index < -0.39 is 5.97 Å². The third kappa shape index (κ3) is 3.30. The van der Waals surface area contributed by atoms with Crippen LogP contribution in [0.1, 0.15) is 54.9 Å². The number of thiophene rings is 1. The molecular formula is C19H25N3O3S. The van der Waals surface area contributed by atoms with E-state index in [1.807, 2.05) is 0 Å². The molecule has 2 aliphatic carbocycles. The summed E-state index contributed by atoms with van der Waals surface area (Å²) in [5.41, 5.74) is 1.13. The van der Waals surface area contributed by atoms with Crippen molar-refractivity contribution in [2.45, 2.75) is 63.0 Å². The summed E-state index contributed by atoms with van der Waals surface area (Å²) in [6.07, 6.45) is 8.07. The van der Waals surface area contributed by atoms with Gasteiger partial charge >= 0.3 is 5.97 Å². The molecule has 1 unspecified atom stereocenters. The molecule has 2 aromatic heterocycles. The lowest BCUT2D eigenvalue weighted by Gasteiger charge is -2.32. The van der Waals surface area contributed by atoms with E-state index in [1.165, 1.54) is 4.88 Å². The van der Waals surface area contributed by atoms with Gasteiger partial charge in [0.1, 0.15) is 17.3 Å². The van der Waals surface area contributed by atoms with E-state index in [9.17, 15) is 9.90 Å². The molecule has 2 heterocycles. The SMILES string of the molecule is CN(C)C1CCC(Oc2ncnc3sc4c(c23)C(CC(=O)O)CC4)CC1. The number of carboxylic acids is 1. The fourth-order valence-electron chi connectivity index (χ4n) is 4.38. The number of ether oxygens (including phenoxy) is 1. The van der Waals surface area contributed by atoms with Crippen molar-refractivity contribution in [1.82, 2.24) is 14.9 Å². The third-order valence-electron chi connectivity index (χ3n) is 5.77. The zero-order chi connectivity index (χ0) is 18.3. The summed E-state index contributed by atoms with van der Waals surface area (Å²) >= 11 is 1.67. The number of hydrogen-bond acceptors (Lipinski definition) is 6. The van der Waals surface area contributed by atoms with Gasteiger partial charge < -0.3 is 14.7 Å². The highest BCUT2D eigenvalue weighted by atomic mass is 32.1. The molecule has 0 spiro atoms. The van der Waals surface area contributed by atoms with Crippen molar-refractivity contribution in [3.05, 3.63) is 16.8 Å². The molecule has 2 aliphatic rings. The van der Waals surface area contributed by atoms with Gasteiger partial charge in [-0.1, -0.05) is 0 Å². The number of hydrogen-bond donors (Lipinski definition) is 1. The summed E-state index contributed by atoms with van der Waals surface area (Å²) in [6, 6.07) is 0.630. The van der Waals surface area contributed by atoms with Crippen molar-refractivity contribution in [2.24, 2.45) is 0 Å². The van der Waals surface area contributed by atoms with Crippen LogP contribution < -0.4 is 4.74 Å². The maximum absolute atomic E-state index is 11.2. The van der Waals surface area contributed by atoms with Gasteiger partial charge in [0.05, 0.1) is 11.8 Å². The second-order valence-corrected chi connectivity index (χ2v) is 8.73. The number of aryl methyl sites for hydroxylation is 1. The fourth-order valence-corrected chi connectivity index (χ4v) is 5.61. The summed E-state index contributed by atoms with van der Waals surface area (Å²) in [7, 11) is 4.27. The Labute approximate surface area is 157 Å². The smallest absolute Gasteiger partial charge is 0.303 e. The van der Waals surface area contributed by atoms with Crippen LogP contribution in [0.2, 0.25) is 0 Å². The Kier molecular flexibility index (Phi) is 4.84. The number of nitrogens with zero attached hydrogens (tertiary/aromatic N) is 3. The first-order valence-corrected chi connectivity index (χ1v) is 10.2. The van der Waals surface area contributed by atoms with E-state index >= 15 is 0 Å². The maximum Gasteiger partial charge on any atom is 0.303 e. The predicted octanol–water partition coefficient (Wildman–Crippen LogP) is 3.45. The first kappa shape index (κ1) is 17.7. The highest BCUT2D eigenvalue weighted by Gasteiger charge is 2.32. The Hall–Kier alpha value is -1.73. The number of carbonyl (C=O) groups is 1. The second-order valence-electron chi connectivity index (χ2n) is 7.64. The lowest BCUT2D eigenvalue weighted by atomic mass is 9.92. The van der Waals surface area contributed by atoms with Crippen LogP contribution in [0.15, 0.2) is 6.33 Å². The molecule has 7 heteroatoms. The van der Waals surface area contributed by atoms with Gasteiger partial charge in [-0.2, -0.15) is 0 Å². The van der Waals surface area contributed by atoms with Crippen LogP contribution in [0.5, 0.6) is 5.88 Å². The zero-order valence-corrected chi connectivity index (χ0v) is 16.1. The molecule has 0 saturated heterocycles. The van der Waals surface area contributed by atoms with Gasteiger partial charge in [-0.3, -0.25) is 4.79 Å². The summed E-state index contributed by atoms with van der Waals surface area (Å²) in [5, 5.41) is 10.2. The molecule has 4 rings (SSSR count). The van der Waals surface area contributed by atoms with Gasteiger partial charge in [0.15, 0.2) is 0 Å². The molecule has 0 amide bonds. The molecule has 1 saturated carbocycles. The number of aromatic nitrogens is 2. The average molecular weight is 375 g/mol. The lowest BCUT2D eigenvalue weighted by Crippen LogP contribution is -2.35. The summed E-state index contributed by atoms with van der Waals surface area (Å²) < 4.78 is 6.32.